The zero-order valence-corrected chi connectivity index (χ0v) is 15.7. The van der Waals surface area contributed by atoms with E-state index >= 15 is 0 Å². The van der Waals surface area contributed by atoms with Gasteiger partial charge in [0, 0.05) is 23.9 Å². The van der Waals surface area contributed by atoms with Gasteiger partial charge in [-0.05, 0) is 44.5 Å². The average molecular weight is 400 g/mol. The second-order valence-corrected chi connectivity index (χ2v) is 6.52. The van der Waals surface area contributed by atoms with E-state index in [1.54, 1.807) is 20.8 Å². The Labute approximate surface area is 158 Å². The normalized spacial score (nSPS) is 10.9. The van der Waals surface area contributed by atoms with E-state index in [1.165, 1.54) is 6.07 Å². The number of carbonyl (C=O) groups is 2. The highest BCUT2D eigenvalue weighted by Gasteiger charge is 2.15. The largest absolute Gasteiger partial charge is 0.456 e. The lowest BCUT2D eigenvalue weighted by molar-refractivity contribution is -0.147. The summed E-state index contributed by atoms with van der Waals surface area (Å²) in [5, 5.41) is 6.01. The lowest BCUT2D eigenvalue weighted by atomic mass is 10.1. The molecular formula is C16H18F2N4O4S. The Bertz CT molecular complexity index is 805. The molecule has 8 nitrogen and oxygen atoms in total. The molecular weight excluding hydrogens is 382 g/mol. The molecule has 1 amide bonds. The molecule has 0 aliphatic rings. The minimum Gasteiger partial charge on any atom is -0.456 e. The van der Waals surface area contributed by atoms with Crippen LogP contribution in [-0.4, -0.2) is 39.4 Å². The molecule has 0 saturated carbocycles. The van der Waals surface area contributed by atoms with E-state index in [9.17, 15) is 18.4 Å². The minimum absolute atomic E-state index is 0.00270. The molecule has 0 atom stereocenters. The second-order valence-electron chi connectivity index (χ2n) is 5.57. The molecule has 11 heteroatoms. The number of aromatic nitrogens is 3. The highest BCUT2D eigenvalue weighted by Crippen LogP contribution is 2.24. The molecule has 2 heterocycles. The summed E-state index contributed by atoms with van der Waals surface area (Å²) in [4.78, 5) is 31.5. The molecule has 2 aromatic rings. The van der Waals surface area contributed by atoms with Crippen molar-refractivity contribution < 1.29 is 27.6 Å². The van der Waals surface area contributed by atoms with Gasteiger partial charge in [0.05, 0.1) is 0 Å². The quantitative estimate of drug-likeness (QED) is 0.409. The molecule has 0 spiro atoms. The first-order valence-electron chi connectivity index (χ1n) is 7.92. The molecule has 2 aromatic heterocycles. The van der Waals surface area contributed by atoms with E-state index in [2.05, 4.69) is 20.4 Å². The number of nitrogens with one attached hydrogen (secondary N) is 1. The summed E-state index contributed by atoms with van der Waals surface area (Å²) in [5.41, 5.74) is 1.74. The third-order valence-corrected chi connectivity index (χ3v) is 4.01. The predicted molar refractivity (Wildman–Crippen MR) is 92.5 cm³/mol. The van der Waals surface area contributed by atoms with Crippen molar-refractivity contribution in [3.05, 3.63) is 28.8 Å². The maximum absolute atomic E-state index is 12.4. The van der Waals surface area contributed by atoms with Crippen LogP contribution in [0.3, 0.4) is 0 Å². The topological polar surface area (TPSA) is 107 Å². The Balaban J connectivity index is 1.82. The van der Waals surface area contributed by atoms with Gasteiger partial charge >= 0.3 is 5.97 Å². The molecule has 2 rings (SSSR count). The first kappa shape index (κ1) is 20.7. The maximum Gasteiger partial charge on any atom is 0.306 e. The Morgan fingerprint density at radius 1 is 1.26 bits per heavy atom. The summed E-state index contributed by atoms with van der Waals surface area (Å²) < 4.78 is 34.5. The van der Waals surface area contributed by atoms with Crippen LogP contribution in [0.25, 0.3) is 0 Å². The number of alkyl halides is 2. The Morgan fingerprint density at radius 3 is 2.48 bits per heavy atom. The van der Waals surface area contributed by atoms with Crippen LogP contribution < -0.4 is 5.32 Å². The summed E-state index contributed by atoms with van der Waals surface area (Å²) in [5.74, 6) is -2.95. The van der Waals surface area contributed by atoms with Gasteiger partial charge in [-0.3, -0.25) is 9.59 Å². The standard InChI is InChI=1S/C16H18F2N4O4S/c1-8-6-12(22-26-8)21-13(23)7-25-14(24)5-4-11-9(2)19-16(20-10(11)3)27-15(17)18/h6,15H,4-5,7H2,1-3H3,(H,21,22,23). The zero-order valence-electron chi connectivity index (χ0n) is 14.9. The van der Waals surface area contributed by atoms with Gasteiger partial charge < -0.3 is 14.6 Å². The lowest BCUT2D eigenvalue weighted by Crippen LogP contribution is -2.21. The van der Waals surface area contributed by atoms with Crippen LogP contribution in [0.2, 0.25) is 0 Å². The van der Waals surface area contributed by atoms with Gasteiger partial charge in [0.1, 0.15) is 5.76 Å². The molecule has 146 valence electrons. The summed E-state index contributed by atoms with van der Waals surface area (Å²) in [6.45, 7) is 4.55. The number of esters is 1. The van der Waals surface area contributed by atoms with Gasteiger partial charge in [-0.2, -0.15) is 8.78 Å². The highest BCUT2D eigenvalue weighted by atomic mass is 32.2. The number of nitrogens with zero attached hydrogens (tertiary/aromatic N) is 3. The van der Waals surface area contributed by atoms with Gasteiger partial charge in [-0.15, -0.1) is 0 Å². The third kappa shape index (κ3) is 6.59. The van der Waals surface area contributed by atoms with Crippen LogP contribution in [-0.2, 0) is 20.7 Å². The number of aryl methyl sites for hydroxylation is 3. The third-order valence-electron chi connectivity index (χ3n) is 3.43. The van der Waals surface area contributed by atoms with Crippen molar-refractivity contribution in [2.75, 3.05) is 11.9 Å². The predicted octanol–water partition coefficient (Wildman–Crippen LogP) is 2.82. The number of rotatable bonds is 8. The van der Waals surface area contributed by atoms with Crippen molar-refractivity contribution in [1.82, 2.24) is 15.1 Å². The smallest absolute Gasteiger partial charge is 0.306 e. The van der Waals surface area contributed by atoms with Crippen molar-refractivity contribution in [2.24, 2.45) is 0 Å². The van der Waals surface area contributed by atoms with Crippen LogP contribution >= 0.6 is 11.8 Å². The molecule has 0 saturated heterocycles. The van der Waals surface area contributed by atoms with Crippen molar-refractivity contribution in [3.63, 3.8) is 0 Å². The fourth-order valence-electron chi connectivity index (χ4n) is 2.25. The SMILES string of the molecule is Cc1cc(NC(=O)COC(=O)CCc2c(C)nc(SC(F)F)nc2C)no1. The number of amides is 1. The maximum atomic E-state index is 12.4. The molecule has 0 aliphatic heterocycles. The monoisotopic (exact) mass is 400 g/mol. The number of anilines is 1. The number of halogens is 2. The fraction of sp³-hybridized carbons (Fsp3) is 0.438. The number of hydrogen-bond acceptors (Lipinski definition) is 8. The molecule has 0 fully saturated rings. The van der Waals surface area contributed by atoms with E-state index < -0.39 is 24.2 Å². The number of hydrogen-bond donors (Lipinski definition) is 1. The van der Waals surface area contributed by atoms with Crippen LogP contribution in [0.15, 0.2) is 15.7 Å². The molecule has 0 aromatic carbocycles. The second kappa shape index (κ2) is 9.40. The minimum atomic E-state index is -2.60. The van der Waals surface area contributed by atoms with Crippen LogP contribution in [0, 0.1) is 20.8 Å². The van der Waals surface area contributed by atoms with Gasteiger partial charge in [-0.25, -0.2) is 9.97 Å². The zero-order chi connectivity index (χ0) is 20.0. The summed E-state index contributed by atoms with van der Waals surface area (Å²) >= 11 is 0.270. The van der Waals surface area contributed by atoms with Gasteiger partial charge in [0.15, 0.2) is 17.6 Å². The van der Waals surface area contributed by atoms with E-state index in [0.29, 0.717) is 22.7 Å². The fourth-order valence-corrected chi connectivity index (χ4v) is 2.79. The number of thioether (sulfide) groups is 1. The van der Waals surface area contributed by atoms with Gasteiger partial charge in [0.2, 0.25) is 0 Å². The van der Waals surface area contributed by atoms with Crippen LogP contribution in [0.5, 0.6) is 0 Å². The molecule has 0 bridgehead atoms. The highest BCUT2D eigenvalue weighted by molar-refractivity contribution is 7.99. The molecule has 0 radical (unpaired) electrons. The average Bonchev–Trinajstić information content (AvgIpc) is 2.96. The van der Waals surface area contributed by atoms with E-state index in [1.807, 2.05) is 0 Å². The first-order chi connectivity index (χ1) is 12.7. The van der Waals surface area contributed by atoms with Crippen molar-refractivity contribution in [1.29, 1.82) is 0 Å². The number of ether oxygens (including phenoxy) is 1. The molecule has 0 unspecified atom stereocenters. The Kier molecular flexibility index (Phi) is 7.22. The van der Waals surface area contributed by atoms with Crippen molar-refractivity contribution in [2.45, 2.75) is 44.5 Å². The number of carbonyl (C=O) groups excluding carboxylic acids is 2. The van der Waals surface area contributed by atoms with Crippen LogP contribution in [0.1, 0.15) is 29.1 Å². The van der Waals surface area contributed by atoms with E-state index in [0.717, 1.165) is 0 Å². The summed E-state index contributed by atoms with van der Waals surface area (Å²) in [6, 6.07) is 1.53. The van der Waals surface area contributed by atoms with Crippen molar-refractivity contribution >= 4 is 29.5 Å². The first-order valence-corrected chi connectivity index (χ1v) is 8.80. The van der Waals surface area contributed by atoms with Gasteiger partial charge in [-0.1, -0.05) is 5.16 Å². The Hall–Kier alpha value is -2.56. The summed E-state index contributed by atoms with van der Waals surface area (Å²) in [6.07, 6.45) is 0.281. The molecule has 27 heavy (non-hydrogen) atoms. The van der Waals surface area contributed by atoms with E-state index in [-0.39, 0.29) is 35.6 Å². The van der Waals surface area contributed by atoms with Crippen molar-refractivity contribution in [3.8, 4) is 0 Å². The molecule has 0 aliphatic carbocycles. The summed E-state index contributed by atoms with van der Waals surface area (Å²) in [7, 11) is 0. The van der Waals surface area contributed by atoms with Crippen LogP contribution in [0.4, 0.5) is 14.6 Å². The lowest BCUT2D eigenvalue weighted by Gasteiger charge is -2.10. The Morgan fingerprint density at radius 2 is 1.93 bits per heavy atom. The van der Waals surface area contributed by atoms with Gasteiger partial charge in [0.25, 0.3) is 11.7 Å². The molecule has 1 N–H and O–H groups in total. The van der Waals surface area contributed by atoms with E-state index in [4.69, 9.17) is 9.26 Å².